The van der Waals surface area contributed by atoms with Crippen molar-refractivity contribution in [3.63, 3.8) is 0 Å². The van der Waals surface area contributed by atoms with Gasteiger partial charge >= 0.3 is 0 Å². The van der Waals surface area contributed by atoms with Crippen molar-refractivity contribution in [2.24, 2.45) is 0 Å². The molecule has 0 fully saturated rings. The molecule has 1 aromatic carbocycles. The summed E-state index contributed by atoms with van der Waals surface area (Å²) in [4.78, 5) is 11.9. The van der Waals surface area contributed by atoms with Crippen molar-refractivity contribution in [2.45, 2.75) is 18.2 Å². The van der Waals surface area contributed by atoms with Gasteiger partial charge in [0.05, 0.1) is 5.56 Å². The lowest BCUT2D eigenvalue weighted by Gasteiger charge is -2.14. The van der Waals surface area contributed by atoms with Crippen molar-refractivity contribution in [3.05, 3.63) is 29.8 Å². The molecule has 1 aliphatic heterocycles. The number of amides is 1. The number of carbonyl (C=O) groups excluding carboxylic acids is 1. The zero-order valence-corrected chi connectivity index (χ0v) is 10.2. The lowest BCUT2D eigenvalue weighted by Crippen LogP contribution is -2.32. The molecule has 0 N–H and O–H groups in total. The summed E-state index contributed by atoms with van der Waals surface area (Å²) in [7, 11) is -3.72. The fourth-order valence-corrected chi connectivity index (χ4v) is 3.10. The molecule has 0 radical (unpaired) electrons. The van der Waals surface area contributed by atoms with Crippen molar-refractivity contribution < 1.29 is 17.9 Å². The van der Waals surface area contributed by atoms with Crippen LogP contribution in [0, 0.1) is 0 Å². The molecule has 0 unspecified atom stereocenters. The van der Waals surface area contributed by atoms with E-state index in [9.17, 15) is 13.2 Å². The number of carbonyl (C=O) groups is 1. The van der Waals surface area contributed by atoms with Crippen LogP contribution < -0.4 is 0 Å². The van der Waals surface area contributed by atoms with Crippen molar-refractivity contribution in [3.8, 4) is 0 Å². The Morgan fingerprint density at radius 1 is 1.29 bits per heavy atom. The second kappa shape index (κ2) is 4.46. The van der Waals surface area contributed by atoms with Gasteiger partial charge in [-0.15, -0.1) is 0 Å². The van der Waals surface area contributed by atoms with Crippen LogP contribution in [0.25, 0.3) is 0 Å². The van der Waals surface area contributed by atoms with Gasteiger partial charge in [0, 0.05) is 6.61 Å². The van der Waals surface area contributed by atoms with Crippen LogP contribution in [0.15, 0.2) is 29.2 Å². The van der Waals surface area contributed by atoms with Crippen LogP contribution >= 0.6 is 0 Å². The van der Waals surface area contributed by atoms with E-state index in [4.69, 9.17) is 4.74 Å². The van der Waals surface area contributed by atoms with E-state index in [0.717, 1.165) is 10.7 Å². The van der Waals surface area contributed by atoms with E-state index in [0.29, 0.717) is 6.61 Å². The minimum absolute atomic E-state index is 0.0603. The summed E-state index contributed by atoms with van der Waals surface area (Å²) >= 11 is 0. The molecule has 0 saturated carbocycles. The number of ether oxygens (including phenoxy) is 1. The fourth-order valence-electron chi connectivity index (χ4n) is 1.65. The molecule has 0 spiro atoms. The first-order chi connectivity index (χ1) is 8.09. The summed E-state index contributed by atoms with van der Waals surface area (Å²) in [6.07, 6.45) is 0.773. The Morgan fingerprint density at radius 2 is 2.00 bits per heavy atom. The summed E-state index contributed by atoms with van der Waals surface area (Å²) in [6.45, 7) is 2.12. The van der Waals surface area contributed by atoms with Gasteiger partial charge in [0.15, 0.2) is 0 Å². The third-order valence-corrected chi connectivity index (χ3v) is 4.23. The molecule has 0 saturated heterocycles. The highest BCUT2D eigenvalue weighted by Crippen LogP contribution is 2.29. The van der Waals surface area contributed by atoms with Crippen LogP contribution in [-0.2, 0) is 14.8 Å². The molecule has 17 heavy (non-hydrogen) atoms. The van der Waals surface area contributed by atoms with Gasteiger partial charge in [-0.1, -0.05) is 19.1 Å². The Balaban J connectivity index is 2.31. The van der Waals surface area contributed by atoms with Crippen LogP contribution in [0.1, 0.15) is 23.7 Å². The van der Waals surface area contributed by atoms with E-state index in [-0.39, 0.29) is 17.2 Å². The average molecular weight is 255 g/mol. The highest BCUT2D eigenvalue weighted by atomic mass is 32.2. The topological polar surface area (TPSA) is 63.7 Å². The quantitative estimate of drug-likeness (QED) is 0.759. The standard InChI is InChI=1S/C11H13NO4S/c1-2-7-16-8-12-11(13)9-5-3-4-6-10(9)17(12,14)15/h3-6H,2,7-8H2,1H3. The van der Waals surface area contributed by atoms with Crippen LogP contribution in [0.5, 0.6) is 0 Å². The molecular formula is C11H13NO4S. The first kappa shape index (κ1) is 12.1. The second-order valence-electron chi connectivity index (χ2n) is 3.69. The molecule has 2 rings (SSSR count). The maximum Gasteiger partial charge on any atom is 0.271 e. The SMILES string of the molecule is CCCOCN1C(=O)c2ccccc2S1(=O)=O. The molecule has 1 aromatic rings. The molecule has 1 heterocycles. The number of sulfonamides is 1. The van der Waals surface area contributed by atoms with Gasteiger partial charge in [-0.2, -0.15) is 0 Å². The van der Waals surface area contributed by atoms with E-state index in [1.165, 1.54) is 12.1 Å². The molecule has 6 heteroatoms. The average Bonchev–Trinajstić information content (AvgIpc) is 2.51. The first-order valence-electron chi connectivity index (χ1n) is 5.33. The number of nitrogens with zero attached hydrogens (tertiary/aromatic N) is 1. The number of fused-ring (bicyclic) bond motifs is 1. The minimum Gasteiger partial charge on any atom is -0.360 e. The number of benzene rings is 1. The summed E-state index contributed by atoms with van der Waals surface area (Å²) in [5.41, 5.74) is 0.215. The van der Waals surface area contributed by atoms with Gasteiger partial charge in [-0.25, -0.2) is 12.7 Å². The molecule has 1 aliphatic rings. The number of hydrogen-bond acceptors (Lipinski definition) is 4. The van der Waals surface area contributed by atoms with Crippen molar-refractivity contribution in [1.82, 2.24) is 4.31 Å². The smallest absolute Gasteiger partial charge is 0.271 e. The van der Waals surface area contributed by atoms with Gasteiger partial charge < -0.3 is 4.74 Å². The molecule has 1 amide bonds. The van der Waals surface area contributed by atoms with Crippen LogP contribution in [-0.4, -0.2) is 32.0 Å². The molecule has 0 aromatic heterocycles. The fraction of sp³-hybridized carbons (Fsp3) is 0.364. The predicted octanol–water partition coefficient (Wildman–Crippen LogP) is 1.22. The Bertz CT molecular complexity index is 538. The Kier molecular flexibility index (Phi) is 3.17. The van der Waals surface area contributed by atoms with Crippen LogP contribution in [0.2, 0.25) is 0 Å². The third-order valence-electron chi connectivity index (χ3n) is 2.47. The summed E-state index contributed by atoms with van der Waals surface area (Å²) in [6, 6.07) is 6.18. The second-order valence-corrected chi connectivity index (χ2v) is 5.52. The molecule has 92 valence electrons. The zero-order valence-electron chi connectivity index (χ0n) is 9.42. The summed E-state index contributed by atoms with van der Waals surface area (Å²) in [5.74, 6) is -0.517. The van der Waals surface area contributed by atoms with E-state index < -0.39 is 15.9 Å². The Hall–Kier alpha value is -1.40. The van der Waals surface area contributed by atoms with Crippen molar-refractivity contribution in [1.29, 1.82) is 0 Å². The minimum atomic E-state index is -3.72. The molecule has 5 nitrogen and oxygen atoms in total. The predicted molar refractivity (Wildman–Crippen MR) is 60.9 cm³/mol. The Morgan fingerprint density at radius 3 is 2.65 bits per heavy atom. The third kappa shape index (κ3) is 1.94. The van der Waals surface area contributed by atoms with Crippen LogP contribution in [0.4, 0.5) is 0 Å². The largest absolute Gasteiger partial charge is 0.360 e. The Labute approximate surface area is 100 Å². The van der Waals surface area contributed by atoms with E-state index >= 15 is 0 Å². The van der Waals surface area contributed by atoms with E-state index in [1.54, 1.807) is 12.1 Å². The molecule has 0 bridgehead atoms. The molecular weight excluding hydrogens is 242 g/mol. The zero-order chi connectivity index (χ0) is 12.5. The van der Waals surface area contributed by atoms with Gasteiger partial charge in [-0.3, -0.25) is 4.79 Å². The van der Waals surface area contributed by atoms with E-state index in [1.807, 2.05) is 6.92 Å². The van der Waals surface area contributed by atoms with Gasteiger partial charge in [0.25, 0.3) is 15.9 Å². The van der Waals surface area contributed by atoms with E-state index in [2.05, 4.69) is 0 Å². The molecule has 0 atom stereocenters. The van der Waals surface area contributed by atoms with Crippen molar-refractivity contribution in [2.75, 3.05) is 13.3 Å². The van der Waals surface area contributed by atoms with Crippen molar-refractivity contribution >= 4 is 15.9 Å². The van der Waals surface area contributed by atoms with Gasteiger partial charge in [0.2, 0.25) is 0 Å². The lowest BCUT2D eigenvalue weighted by molar-refractivity contribution is 0.0536. The van der Waals surface area contributed by atoms with Gasteiger partial charge in [0.1, 0.15) is 11.6 Å². The lowest BCUT2D eigenvalue weighted by atomic mass is 10.2. The van der Waals surface area contributed by atoms with Gasteiger partial charge in [-0.05, 0) is 18.6 Å². The summed E-state index contributed by atoms with van der Waals surface area (Å²) in [5, 5.41) is 0. The number of rotatable bonds is 4. The summed E-state index contributed by atoms with van der Waals surface area (Å²) < 4.78 is 29.9. The molecule has 0 aliphatic carbocycles. The number of hydrogen-bond donors (Lipinski definition) is 0. The first-order valence-corrected chi connectivity index (χ1v) is 6.77. The highest BCUT2D eigenvalue weighted by Gasteiger charge is 2.40. The maximum absolute atomic E-state index is 12.0. The monoisotopic (exact) mass is 255 g/mol. The van der Waals surface area contributed by atoms with Crippen LogP contribution in [0.3, 0.4) is 0 Å². The highest BCUT2D eigenvalue weighted by molar-refractivity contribution is 7.90. The normalized spacial score (nSPS) is 17.2. The maximum atomic E-state index is 12.0.